The van der Waals surface area contributed by atoms with Crippen LogP contribution in [0.15, 0.2) is 4.99 Å². The normalized spacial score (nSPS) is 22.5. The van der Waals surface area contributed by atoms with E-state index in [0.717, 1.165) is 6.54 Å². The fourth-order valence-electron chi connectivity index (χ4n) is 2.06. The Balaban J connectivity index is 2.18. The van der Waals surface area contributed by atoms with E-state index in [1.807, 2.05) is 11.8 Å². The maximum Gasteiger partial charge on any atom is 0.156 e. The van der Waals surface area contributed by atoms with E-state index < -0.39 is 0 Å². The molecule has 1 unspecified atom stereocenters. The number of rotatable bonds is 7. The minimum absolute atomic E-state index is 0.618. The molecule has 1 saturated heterocycles. The minimum atomic E-state index is 0.618. The van der Waals surface area contributed by atoms with Gasteiger partial charge in [-0.25, -0.2) is 0 Å². The zero-order valence-electron chi connectivity index (χ0n) is 13.3. The topological polar surface area (TPSA) is 27.6 Å². The summed E-state index contributed by atoms with van der Waals surface area (Å²) in [7, 11) is 2.20. The summed E-state index contributed by atoms with van der Waals surface area (Å²) in [6.45, 7) is 11.2. The van der Waals surface area contributed by atoms with Crippen molar-refractivity contribution in [1.82, 2.24) is 10.2 Å². The molecule has 19 heavy (non-hydrogen) atoms. The van der Waals surface area contributed by atoms with Crippen LogP contribution in [-0.4, -0.2) is 48.0 Å². The van der Waals surface area contributed by atoms with Crippen LogP contribution in [0.1, 0.15) is 47.0 Å². The summed E-state index contributed by atoms with van der Waals surface area (Å²) in [6.07, 6.45) is 3.69. The molecule has 0 bridgehead atoms. The lowest BCUT2D eigenvalue weighted by atomic mass is 10.0. The van der Waals surface area contributed by atoms with Crippen LogP contribution in [0.2, 0.25) is 0 Å². The van der Waals surface area contributed by atoms with Crippen molar-refractivity contribution in [2.24, 2.45) is 10.9 Å². The highest BCUT2D eigenvalue weighted by molar-refractivity contribution is 8.13. The Hall–Kier alpha value is -0.220. The molecular formula is C15H31N3S. The van der Waals surface area contributed by atoms with Gasteiger partial charge in [0.15, 0.2) is 5.17 Å². The first kappa shape index (κ1) is 16.8. The molecular weight excluding hydrogens is 254 g/mol. The maximum absolute atomic E-state index is 4.71. The van der Waals surface area contributed by atoms with Crippen molar-refractivity contribution >= 4 is 16.9 Å². The molecule has 1 rings (SSSR count). The van der Waals surface area contributed by atoms with Gasteiger partial charge in [-0.3, -0.25) is 4.99 Å². The largest absolute Gasteiger partial charge is 0.362 e. The van der Waals surface area contributed by atoms with Gasteiger partial charge in [-0.15, -0.1) is 0 Å². The van der Waals surface area contributed by atoms with E-state index in [4.69, 9.17) is 4.99 Å². The summed E-state index contributed by atoms with van der Waals surface area (Å²) in [4.78, 5) is 7.11. The highest BCUT2D eigenvalue weighted by Gasteiger charge is 2.19. The molecule has 0 aliphatic carbocycles. The third kappa shape index (κ3) is 6.66. The molecule has 1 aliphatic heterocycles. The lowest BCUT2D eigenvalue weighted by Crippen LogP contribution is -2.41. The number of aliphatic imine (C=N–C) groups is 1. The minimum Gasteiger partial charge on any atom is -0.362 e. The summed E-state index contributed by atoms with van der Waals surface area (Å²) in [6, 6.07) is 1.26. The van der Waals surface area contributed by atoms with Crippen LogP contribution in [0.25, 0.3) is 0 Å². The molecule has 1 aliphatic rings. The highest BCUT2D eigenvalue weighted by Crippen LogP contribution is 2.18. The first-order valence-electron chi connectivity index (χ1n) is 7.64. The maximum atomic E-state index is 4.71. The lowest BCUT2D eigenvalue weighted by Gasteiger charge is -2.28. The Morgan fingerprint density at radius 2 is 2.05 bits per heavy atom. The average molecular weight is 286 g/mol. The summed E-state index contributed by atoms with van der Waals surface area (Å²) in [5.74, 6) is 1.91. The van der Waals surface area contributed by atoms with Crippen LogP contribution in [0.5, 0.6) is 0 Å². The molecule has 3 nitrogen and oxygen atoms in total. The highest BCUT2D eigenvalue weighted by atomic mass is 32.2. The number of unbranched alkanes of at least 4 members (excludes halogenated alkanes) is 1. The van der Waals surface area contributed by atoms with Gasteiger partial charge < -0.3 is 10.2 Å². The van der Waals surface area contributed by atoms with Crippen molar-refractivity contribution in [3.63, 3.8) is 0 Å². The van der Waals surface area contributed by atoms with Crippen LogP contribution < -0.4 is 5.32 Å². The quantitative estimate of drug-likeness (QED) is 0.728. The molecule has 0 spiro atoms. The van der Waals surface area contributed by atoms with Crippen molar-refractivity contribution in [3.05, 3.63) is 0 Å². The second kappa shape index (κ2) is 8.85. The fourth-order valence-corrected chi connectivity index (χ4v) is 3.04. The van der Waals surface area contributed by atoms with Crippen LogP contribution in [0, 0.1) is 5.92 Å². The third-order valence-corrected chi connectivity index (χ3v) is 4.80. The summed E-state index contributed by atoms with van der Waals surface area (Å²) < 4.78 is 0. The van der Waals surface area contributed by atoms with Crippen molar-refractivity contribution in [2.45, 2.75) is 59.0 Å². The number of amidine groups is 1. The lowest BCUT2D eigenvalue weighted by molar-refractivity contribution is 0.269. The molecule has 0 aromatic heterocycles. The van der Waals surface area contributed by atoms with E-state index >= 15 is 0 Å². The first-order valence-corrected chi connectivity index (χ1v) is 8.63. The SMILES string of the molecule is CC(C)C1CCSC(=NCCCCN(C)C(C)C)N1. The van der Waals surface area contributed by atoms with E-state index in [9.17, 15) is 0 Å². The predicted molar refractivity (Wildman–Crippen MR) is 88.1 cm³/mol. The van der Waals surface area contributed by atoms with Gasteiger partial charge >= 0.3 is 0 Å². The van der Waals surface area contributed by atoms with Crippen LogP contribution >= 0.6 is 11.8 Å². The molecule has 1 N–H and O–H groups in total. The zero-order valence-corrected chi connectivity index (χ0v) is 14.1. The summed E-state index contributed by atoms with van der Waals surface area (Å²) >= 11 is 1.88. The van der Waals surface area contributed by atoms with E-state index in [1.54, 1.807) is 0 Å². The van der Waals surface area contributed by atoms with E-state index in [2.05, 4.69) is 45.0 Å². The Kier molecular flexibility index (Phi) is 7.84. The third-order valence-electron chi connectivity index (χ3n) is 3.84. The van der Waals surface area contributed by atoms with E-state index in [0.29, 0.717) is 18.0 Å². The van der Waals surface area contributed by atoms with E-state index in [1.165, 1.54) is 36.7 Å². The first-order chi connectivity index (χ1) is 9.00. The zero-order chi connectivity index (χ0) is 14.3. The molecule has 4 heteroatoms. The van der Waals surface area contributed by atoms with Gasteiger partial charge in [-0.2, -0.15) is 0 Å². The second-order valence-corrected chi connectivity index (χ2v) is 7.18. The molecule has 0 aromatic carbocycles. The van der Waals surface area contributed by atoms with Crippen LogP contribution in [0.3, 0.4) is 0 Å². The van der Waals surface area contributed by atoms with Gasteiger partial charge in [-0.1, -0.05) is 25.6 Å². The Morgan fingerprint density at radius 3 is 2.68 bits per heavy atom. The average Bonchev–Trinajstić information content (AvgIpc) is 2.38. The van der Waals surface area contributed by atoms with Gasteiger partial charge in [0.1, 0.15) is 0 Å². The second-order valence-electron chi connectivity index (χ2n) is 6.10. The Morgan fingerprint density at radius 1 is 1.32 bits per heavy atom. The van der Waals surface area contributed by atoms with Gasteiger partial charge in [-0.05, 0) is 52.6 Å². The number of nitrogens with one attached hydrogen (secondary N) is 1. The fraction of sp³-hybridized carbons (Fsp3) is 0.933. The van der Waals surface area contributed by atoms with Crippen molar-refractivity contribution in [2.75, 3.05) is 25.9 Å². The molecule has 0 aromatic rings. The monoisotopic (exact) mass is 285 g/mol. The Labute approximate surface area is 123 Å². The van der Waals surface area contributed by atoms with Crippen molar-refractivity contribution < 1.29 is 0 Å². The Bertz CT molecular complexity index is 277. The number of hydrogen-bond acceptors (Lipinski definition) is 3. The molecule has 1 heterocycles. The van der Waals surface area contributed by atoms with E-state index in [-0.39, 0.29) is 0 Å². The molecule has 0 saturated carbocycles. The van der Waals surface area contributed by atoms with Gasteiger partial charge in [0.2, 0.25) is 0 Å². The molecule has 112 valence electrons. The molecule has 1 fully saturated rings. The molecule has 0 radical (unpaired) electrons. The van der Waals surface area contributed by atoms with Gasteiger partial charge in [0.25, 0.3) is 0 Å². The smallest absolute Gasteiger partial charge is 0.156 e. The van der Waals surface area contributed by atoms with Crippen molar-refractivity contribution in [1.29, 1.82) is 0 Å². The van der Waals surface area contributed by atoms with Gasteiger partial charge in [0, 0.05) is 24.4 Å². The summed E-state index contributed by atoms with van der Waals surface area (Å²) in [5, 5.41) is 4.74. The van der Waals surface area contributed by atoms with Gasteiger partial charge in [0.05, 0.1) is 0 Å². The van der Waals surface area contributed by atoms with Crippen LogP contribution in [0.4, 0.5) is 0 Å². The van der Waals surface area contributed by atoms with Crippen molar-refractivity contribution in [3.8, 4) is 0 Å². The molecule has 1 atom stereocenters. The summed E-state index contributed by atoms with van der Waals surface area (Å²) in [5.41, 5.74) is 0. The number of nitrogens with zero attached hydrogens (tertiary/aromatic N) is 2. The standard InChI is InChI=1S/C15H31N3S/c1-12(2)14-8-11-19-15(17-14)16-9-6-7-10-18(5)13(3)4/h12-14H,6-11H2,1-5H3,(H,16,17). The molecule has 0 amide bonds. The van der Waals surface area contributed by atoms with Crippen LogP contribution in [-0.2, 0) is 0 Å². The number of hydrogen-bond donors (Lipinski definition) is 1. The predicted octanol–water partition coefficient (Wildman–Crippen LogP) is 3.21. The number of thioether (sulfide) groups is 1.